The van der Waals surface area contributed by atoms with E-state index in [2.05, 4.69) is 10.6 Å². The van der Waals surface area contributed by atoms with Gasteiger partial charge in [0.15, 0.2) is 0 Å². The molecule has 0 unspecified atom stereocenters. The van der Waals surface area contributed by atoms with Crippen molar-refractivity contribution in [2.45, 2.75) is 31.7 Å². The van der Waals surface area contributed by atoms with E-state index in [4.69, 9.17) is 46.4 Å². The summed E-state index contributed by atoms with van der Waals surface area (Å²) in [5.41, 5.74) is 0.950. The monoisotopic (exact) mass is 511 g/mol. The van der Waals surface area contributed by atoms with Crippen molar-refractivity contribution in [2.75, 3.05) is 10.2 Å². The van der Waals surface area contributed by atoms with E-state index in [1.54, 1.807) is 24.3 Å². The minimum atomic E-state index is -0.744. The summed E-state index contributed by atoms with van der Waals surface area (Å²) in [7, 11) is 0. The second kappa shape index (κ2) is 9.32. The lowest BCUT2D eigenvalue weighted by atomic mass is 10.1. The van der Waals surface area contributed by atoms with Gasteiger partial charge in [-0.25, -0.2) is 4.90 Å². The Balaban J connectivity index is 1.50. The lowest BCUT2D eigenvalue weighted by Crippen LogP contribution is -2.32. The van der Waals surface area contributed by atoms with Crippen LogP contribution in [0.3, 0.4) is 0 Å². The Morgan fingerprint density at radius 3 is 2.16 bits per heavy atom. The zero-order valence-corrected chi connectivity index (χ0v) is 19.6. The first-order chi connectivity index (χ1) is 15.3. The van der Waals surface area contributed by atoms with Crippen LogP contribution in [0.15, 0.2) is 47.1 Å². The maximum absolute atomic E-state index is 12.9. The fourth-order valence-corrected chi connectivity index (χ4v) is 4.54. The lowest BCUT2D eigenvalue weighted by molar-refractivity contribution is -0.120. The van der Waals surface area contributed by atoms with E-state index in [0.717, 1.165) is 30.6 Å². The predicted octanol–water partition coefficient (Wildman–Crippen LogP) is 5.75. The zero-order chi connectivity index (χ0) is 23.0. The van der Waals surface area contributed by atoms with Crippen molar-refractivity contribution in [3.8, 4) is 0 Å². The molecule has 2 aromatic carbocycles. The molecule has 2 aliphatic rings. The molecule has 2 aromatic rings. The number of benzene rings is 2. The van der Waals surface area contributed by atoms with Crippen LogP contribution >= 0.6 is 46.4 Å². The van der Waals surface area contributed by atoms with Gasteiger partial charge in [0.25, 0.3) is 17.7 Å². The number of hydrogen-bond acceptors (Lipinski definition) is 4. The van der Waals surface area contributed by atoms with Crippen LogP contribution < -0.4 is 15.5 Å². The van der Waals surface area contributed by atoms with E-state index >= 15 is 0 Å². The minimum absolute atomic E-state index is 0.0736. The van der Waals surface area contributed by atoms with Crippen LogP contribution in [0.1, 0.15) is 36.0 Å². The van der Waals surface area contributed by atoms with Gasteiger partial charge >= 0.3 is 0 Å². The Labute approximate surface area is 204 Å². The van der Waals surface area contributed by atoms with Crippen LogP contribution in [0, 0.1) is 0 Å². The van der Waals surface area contributed by atoms with Gasteiger partial charge in [-0.3, -0.25) is 14.4 Å². The van der Waals surface area contributed by atoms with Crippen molar-refractivity contribution in [1.29, 1.82) is 0 Å². The molecule has 0 spiro atoms. The molecule has 4 rings (SSSR count). The Hall–Kier alpha value is -2.25. The molecule has 1 fully saturated rings. The highest BCUT2D eigenvalue weighted by Gasteiger charge is 2.40. The lowest BCUT2D eigenvalue weighted by Gasteiger charge is -2.17. The van der Waals surface area contributed by atoms with Crippen molar-refractivity contribution in [2.24, 2.45) is 0 Å². The first-order valence-corrected chi connectivity index (χ1v) is 11.4. The molecule has 6 nitrogen and oxygen atoms in total. The molecule has 1 aliphatic carbocycles. The van der Waals surface area contributed by atoms with Gasteiger partial charge in [0, 0.05) is 17.3 Å². The second-order valence-electron chi connectivity index (χ2n) is 7.51. The van der Waals surface area contributed by atoms with E-state index in [9.17, 15) is 14.4 Å². The number of nitrogens with zero attached hydrogens (tertiary/aromatic N) is 1. The largest absolute Gasteiger partial charge is 0.350 e. The number of carbonyl (C=O) groups excluding carboxylic acids is 3. The Morgan fingerprint density at radius 1 is 0.875 bits per heavy atom. The number of imide groups is 1. The van der Waals surface area contributed by atoms with E-state index in [0.29, 0.717) is 11.3 Å². The fourth-order valence-electron chi connectivity index (χ4n) is 3.70. The maximum atomic E-state index is 12.9. The molecule has 1 heterocycles. The summed E-state index contributed by atoms with van der Waals surface area (Å²) < 4.78 is 0. The average molecular weight is 513 g/mol. The molecule has 10 heteroatoms. The highest BCUT2D eigenvalue weighted by atomic mass is 35.5. The third-order valence-corrected chi connectivity index (χ3v) is 6.74. The van der Waals surface area contributed by atoms with Crippen molar-refractivity contribution >= 4 is 75.5 Å². The minimum Gasteiger partial charge on any atom is -0.350 e. The van der Waals surface area contributed by atoms with Crippen LogP contribution in [0.5, 0.6) is 0 Å². The summed E-state index contributed by atoms with van der Waals surface area (Å²) in [6.45, 7) is 0. The molecule has 32 heavy (non-hydrogen) atoms. The van der Waals surface area contributed by atoms with Gasteiger partial charge in [-0.15, -0.1) is 0 Å². The molecule has 0 saturated heterocycles. The summed E-state index contributed by atoms with van der Waals surface area (Å²) in [6, 6.07) is 9.42. The molecule has 3 amide bonds. The number of anilines is 2. The first-order valence-electron chi connectivity index (χ1n) is 9.87. The fraction of sp³-hybridized carbons (Fsp3) is 0.227. The Morgan fingerprint density at radius 2 is 1.50 bits per heavy atom. The quantitative estimate of drug-likeness (QED) is 0.394. The molecule has 166 valence electrons. The number of rotatable bonds is 5. The molecule has 0 bridgehead atoms. The molecule has 1 saturated carbocycles. The third-order valence-electron chi connectivity index (χ3n) is 5.36. The third kappa shape index (κ3) is 4.46. The second-order valence-corrected chi connectivity index (χ2v) is 9.11. The van der Waals surface area contributed by atoms with E-state index < -0.39 is 11.8 Å². The molecule has 0 aromatic heterocycles. The molecule has 2 N–H and O–H groups in total. The SMILES string of the molecule is O=C(NC1CCCC1)c1ccc(NC2=C(Cl)C(=O)N(c3cc(Cl)c(Cl)cc3Cl)C2=O)cc1. The van der Waals surface area contributed by atoms with Gasteiger partial charge in [-0.2, -0.15) is 0 Å². The number of amides is 3. The summed E-state index contributed by atoms with van der Waals surface area (Å²) in [6.07, 6.45) is 4.24. The number of carbonyl (C=O) groups is 3. The topological polar surface area (TPSA) is 78.5 Å². The first kappa shape index (κ1) is 22.9. The highest BCUT2D eigenvalue weighted by molar-refractivity contribution is 6.54. The van der Waals surface area contributed by atoms with Crippen LogP contribution in [0.4, 0.5) is 11.4 Å². The van der Waals surface area contributed by atoms with Gasteiger partial charge in [-0.05, 0) is 49.2 Å². The van der Waals surface area contributed by atoms with Gasteiger partial charge < -0.3 is 10.6 Å². The van der Waals surface area contributed by atoms with Crippen LogP contribution in [0.25, 0.3) is 0 Å². The smallest absolute Gasteiger partial charge is 0.283 e. The zero-order valence-electron chi connectivity index (χ0n) is 16.6. The number of hydrogen-bond donors (Lipinski definition) is 2. The summed E-state index contributed by atoms with van der Waals surface area (Å²) in [5.74, 6) is -1.58. The summed E-state index contributed by atoms with van der Waals surface area (Å²) in [4.78, 5) is 38.8. The maximum Gasteiger partial charge on any atom is 0.283 e. The van der Waals surface area contributed by atoms with Gasteiger partial charge in [0.1, 0.15) is 10.7 Å². The molecular weight excluding hydrogens is 496 g/mol. The van der Waals surface area contributed by atoms with Crippen LogP contribution in [-0.4, -0.2) is 23.8 Å². The van der Waals surface area contributed by atoms with Gasteiger partial charge in [0.2, 0.25) is 0 Å². The molecular formula is C22H17Cl4N3O3. The number of nitrogens with one attached hydrogen (secondary N) is 2. The van der Waals surface area contributed by atoms with Gasteiger partial charge in [-0.1, -0.05) is 59.2 Å². The summed E-state index contributed by atoms with van der Waals surface area (Å²) in [5, 5.41) is 5.98. The van der Waals surface area contributed by atoms with Crippen molar-refractivity contribution in [1.82, 2.24) is 5.32 Å². The normalized spacial score (nSPS) is 16.8. The Bertz CT molecular complexity index is 1140. The molecule has 0 radical (unpaired) electrons. The predicted molar refractivity (Wildman–Crippen MR) is 127 cm³/mol. The van der Waals surface area contributed by atoms with E-state index in [1.165, 1.54) is 12.1 Å². The van der Waals surface area contributed by atoms with Gasteiger partial charge in [0.05, 0.1) is 20.8 Å². The average Bonchev–Trinajstić information content (AvgIpc) is 3.34. The van der Waals surface area contributed by atoms with E-state index in [1.807, 2.05) is 0 Å². The van der Waals surface area contributed by atoms with Crippen molar-refractivity contribution in [3.63, 3.8) is 0 Å². The molecule has 1 aliphatic heterocycles. The van der Waals surface area contributed by atoms with E-state index in [-0.39, 0.29) is 43.4 Å². The molecule has 0 atom stereocenters. The van der Waals surface area contributed by atoms with Crippen molar-refractivity contribution in [3.05, 3.63) is 67.8 Å². The summed E-state index contributed by atoms with van der Waals surface area (Å²) >= 11 is 24.3. The highest BCUT2D eigenvalue weighted by Crippen LogP contribution is 2.38. The standard InChI is InChI=1S/C22H17Cl4N3O3/c23-14-9-16(25)17(10-15(14)24)29-21(31)18(26)19(22(29)32)27-13-7-5-11(6-8-13)20(30)28-12-3-1-2-4-12/h5-10,12,27H,1-4H2,(H,28,30). The van der Waals surface area contributed by atoms with Crippen molar-refractivity contribution < 1.29 is 14.4 Å². The number of halogens is 4. The Kier molecular flexibility index (Phi) is 6.67. The van der Waals surface area contributed by atoms with Crippen LogP contribution in [0.2, 0.25) is 15.1 Å². The van der Waals surface area contributed by atoms with Crippen LogP contribution in [-0.2, 0) is 9.59 Å².